The predicted molar refractivity (Wildman–Crippen MR) is 51.4 cm³/mol. The molecular weight excluding hydrogens is 146 g/mol. The second-order valence-corrected chi connectivity index (χ2v) is 4.78. The Labute approximate surface area is 74.3 Å². The first-order valence-electron chi connectivity index (χ1n) is 4.61. The van der Waals surface area contributed by atoms with Gasteiger partial charge in [0.15, 0.2) is 0 Å². The molecule has 0 radical (unpaired) electrons. The van der Waals surface area contributed by atoms with Gasteiger partial charge in [0.05, 0.1) is 0 Å². The molecule has 1 nitrogen and oxygen atoms in total. The molecule has 3 aliphatic rings. The van der Waals surface area contributed by atoms with Gasteiger partial charge in [-0.3, -0.25) is 0 Å². The van der Waals surface area contributed by atoms with Gasteiger partial charge in [0.1, 0.15) is 0 Å². The Morgan fingerprint density at radius 3 is 2.42 bits per heavy atom. The van der Waals surface area contributed by atoms with E-state index in [9.17, 15) is 0 Å². The molecule has 0 heterocycles. The van der Waals surface area contributed by atoms with E-state index in [1.165, 1.54) is 17.6 Å². The number of fused-ring (bicyclic) bond motifs is 1. The first-order chi connectivity index (χ1) is 5.46. The van der Waals surface area contributed by atoms with Crippen LogP contribution >= 0.6 is 0 Å². The summed E-state index contributed by atoms with van der Waals surface area (Å²) in [7, 11) is 0. The molecule has 0 aromatic heterocycles. The predicted octanol–water partition coefficient (Wildman–Crippen LogP) is 2.45. The van der Waals surface area contributed by atoms with E-state index in [4.69, 9.17) is 5.73 Å². The van der Waals surface area contributed by atoms with Gasteiger partial charge in [-0.15, -0.1) is 0 Å². The third-order valence-electron chi connectivity index (χ3n) is 3.98. The maximum atomic E-state index is 5.94. The average molecular weight is 163 g/mol. The highest BCUT2D eigenvalue weighted by molar-refractivity contribution is 5.43. The molecule has 2 bridgehead atoms. The molecule has 1 unspecified atom stereocenters. The molecule has 0 amide bonds. The fourth-order valence-electron chi connectivity index (χ4n) is 2.88. The largest absolute Gasteiger partial charge is 0.399 e. The molecule has 2 atom stereocenters. The van der Waals surface area contributed by atoms with Gasteiger partial charge in [-0.2, -0.15) is 0 Å². The monoisotopic (exact) mass is 163 g/mol. The fraction of sp³-hybridized carbons (Fsp3) is 0.636. The molecule has 0 spiro atoms. The van der Waals surface area contributed by atoms with Gasteiger partial charge in [-0.05, 0) is 41.7 Å². The summed E-state index contributed by atoms with van der Waals surface area (Å²) in [5, 5.41) is 0. The van der Waals surface area contributed by atoms with Crippen molar-refractivity contribution in [3.05, 3.63) is 23.4 Å². The van der Waals surface area contributed by atoms with Gasteiger partial charge in [-0.25, -0.2) is 0 Å². The zero-order chi connectivity index (χ0) is 9.09. The normalized spacial score (nSPS) is 38.1. The van der Waals surface area contributed by atoms with Crippen molar-refractivity contribution in [2.75, 3.05) is 0 Å². The molecular formula is C11H17N. The smallest absolute Gasteiger partial charge is 0.0335 e. The lowest BCUT2D eigenvalue weighted by molar-refractivity contribution is 0.0210. The zero-order valence-electron chi connectivity index (χ0n) is 8.15. The van der Waals surface area contributed by atoms with E-state index in [2.05, 4.69) is 27.4 Å². The molecule has 3 rings (SSSR count). The van der Waals surface area contributed by atoms with Gasteiger partial charge in [-0.1, -0.05) is 20.4 Å². The van der Waals surface area contributed by atoms with Crippen LogP contribution in [0.4, 0.5) is 0 Å². The topological polar surface area (TPSA) is 26.0 Å². The molecule has 1 saturated carbocycles. The van der Waals surface area contributed by atoms with E-state index in [0.29, 0.717) is 17.3 Å². The second kappa shape index (κ2) is 1.95. The molecule has 1 heteroatoms. The Morgan fingerprint density at radius 1 is 1.42 bits per heavy atom. The Balaban J connectivity index is 2.48. The molecule has 3 aliphatic carbocycles. The summed E-state index contributed by atoms with van der Waals surface area (Å²) in [6, 6.07) is 0. The highest BCUT2D eigenvalue weighted by Crippen LogP contribution is 2.61. The summed E-state index contributed by atoms with van der Waals surface area (Å²) in [6.45, 7) is 10.9. The van der Waals surface area contributed by atoms with Gasteiger partial charge in [0.25, 0.3) is 0 Å². The molecule has 0 saturated heterocycles. The van der Waals surface area contributed by atoms with Crippen LogP contribution in [0.5, 0.6) is 0 Å². The molecule has 66 valence electrons. The third-order valence-corrected chi connectivity index (χ3v) is 3.98. The van der Waals surface area contributed by atoms with Crippen LogP contribution in [0.2, 0.25) is 0 Å². The Bertz CT molecular complexity index is 283. The minimum absolute atomic E-state index is 0.421. The summed E-state index contributed by atoms with van der Waals surface area (Å²) >= 11 is 0. The summed E-state index contributed by atoms with van der Waals surface area (Å²) in [4.78, 5) is 0. The second-order valence-electron chi connectivity index (χ2n) is 4.78. The van der Waals surface area contributed by atoms with Gasteiger partial charge in [0, 0.05) is 5.70 Å². The lowest BCUT2D eigenvalue weighted by atomic mass is 9.47. The Kier molecular flexibility index (Phi) is 1.29. The van der Waals surface area contributed by atoms with Crippen LogP contribution in [0, 0.1) is 17.3 Å². The highest BCUT2D eigenvalue weighted by Gasteiger charge is 2.53. The fourth-order valence-corrected chi connectivity index (χ4v) is 2.88. The van der Waals surface area contributed by atoms with Crippen molar-refractivity contribution < 1.29 is 0 Å². The van der Waals surface area contributed by atoms with E-state index < -0.39 is 0 Å². The maximum absolute atomic E-state index is 5.94. The van der Waals surface area contributed by atoms with Crippen molar-refractivity contribution in [3.63, 3.8) is 0 Å². The van der Waals surface area contributed by atoms with E-state index in [-0.39, 0.29) is 0 Å². The number of nitrogens with two attached hydrogens (primary N) is 1. The van der Waals surface area contributed by atoms with Crippen molar-refractivity contribution in [3.8, 4) is 0 Å². The van der Waals surface area contributed by atoms with Crippen LogP contribution in [-0.4, -0.2) is 0 Å². The van der Waals surface area contributed by atoms with Crippen molar-refractivity contribution >= 4 is 0 Å². The van der Waals surface area contributed by atoms with Crippen molar-refractivity contribution in [1.29, 1.82) is 0 Å². The summed E-state index contributed by atoms with van der Waals surface area (Å²) in [5.41, 5.74) is 9.90. The summed E-state index contributed by atoms with van der Waals surface area (Å²) in [6.07, 6.45) is 1.28. The molecule has 1 fully saturated rings. The van der Waals surface area contributed by atoms with Crippen LogP contribution in [0.3, 0.4) is 0 Å². The molecule has 0 aromatic carbocycles. The van der Waals surface area contributed by atoms with Crippen LogP contribution in [-0.2, 0) is 0 Å². The van der Waals surface area contributed by atoms with Crippen LogP contribution in [0.15, 0.2) is 23.4 Å². The Morgan fingerprint density at radius 2 is 2.00 bits per heavy atom. The van der Waals surface area contributed by atoms with E-state index in [1.54, 1.807) is 0 Å². The first kappa shape index (κ1) is 7.90. The van der Waals surface area contributed by atoms with Crippen molar-refractivity contribution in [1.82, 2.24) is 0 Å². The van der Waals surface area contributed by atoms with Crippen LogP contribution in [0.1, 0.15) is 27.2 Å². The van der Waals surface area contributed by atoms with Gasteiger partial charge in [0.2, 0.25) is 0 Å². The standard InChI is InChI=1S/C11H17N/c1-6-8-5-9(11(8,3)4)7(2)10(6)12/h8-9H,1,5,12H2,2-4H3/t8?,9-/m1/s1. The number of hydrogen-bond donors (Lipinski definition) is 1. The van der Waals surface area contributed by atoms with Gasteiger partial charge >= 0.3 is 0 Å². The SMILES string of the molecule is C=C1C(N)=C(C)[C@H]2CC1C2(C)C. The minimum atomic E-state index is 0.421. The average Bonchev–Trinajstić information content (AvgIpc) is 1.98. The van der Waals surface area contributed by atoms with E-state index >= 15 is 0 Å². The zero-order valence-corrected chi connectivity index (χ0v) is 8.15. The highest BCUT2D eigenvalue weighted by atomic mass is 14.7. The first-order valence-corrected chi connectivity index (χ1v) is 4.61. The van der Waals surface area contributed by atoms with E-state index in [0.717, 1.165) is 5.70 Å². The maximum Gasteiger partial charge on any atom is 0.0335 e. The Hall–Kier alpha value is -0.720. The summed E-state index contributed by atoms with van der Waals surface area (Å²) < 4.78 is 0. The number of hydrogen-bond acceptors (Lipinski definition) is 1. The van der Waals surface area contributed by atoms with Gasteiger partial charge < -0.3 is 5.73 Å². The molecule has 2 N–H and O–H groups in total. The molecule has 12 heavy (non-hydrogen) atoms. The summed E-state index contributed by atoms with van der Waals surface area (Å²) in [5.74, 6) is 1.36. The lowest BCUT2D eigenvalue weighted by Gasteiger charge is -2.57. The molecule has 0 aliphatic heterocycles. The van der Waals surface area contributed by atoms with Crippen molar-refractivity contribution in [2.24, 2.45) is 23.0 Å². The number of rotatable bonds is 0. The van der Waals surface area contributed by atoms with E-state index in [1.807, 2.05) is 0 Å². The lowest BCUT2D eigenvalue weighted by Crippen LogP contribution is -2.50. The quantitative estimate of drug-likeness (QED) is 0.583. The van der Waals surface area contributed by atoms with Crippen molar-refractivity contribution in [2.45, 2.75) is 27.2 Å². The van der Waals surface area contributed by atoms with Crippen LogP contribution < -0.4 is 5.73 Å². The minimum Gasteiger partial charge on any atom is -0.399 e. The number of allylic oxidation sites excluding steroid dienone is 2. The third kappa shape index (κ3) is 0.650. The molecule has 0 aromatic rings. The van der Waals surface area contributed by atoms with Crippen LogP contribution in [0.25, 0.3) is 0 Å².